The van der Waals surface area contributed by atoms with E-state index in [1.54, 1.807) is 41.2 Å². The van der Waals surface area contributed by atoms with E-state index in [2.05, 4.69) is 10.4 Å². The topological polar surface area (TPSA) is 101 Å². The van der Waals surface area contributed by atoms with E-state index in [1.165, 1.54) is 0 Å². The standard InChI is InChI=1S/C23H24FN7O2.C2H6/c1-29-11-15(10-26-29)17-4-5-20(22(24)18(17)9-25)27-23-19-12-30(14-32)7-2-3-21(19)31(28-23)16-6-8-33-13-16;1-2/h4-5,10-11,14,16H,2-3,6-8,12-13H2,1H3,(H,27,28);1-2H3. The molecule has 1 aromatic carbocycles. The molecule has 0 spiro atoms. The molecule has 4 heterocycles. The second-order valence-electron chi connectivity index (χ2n) is 8.40. The van der Waals surface area contributed by atoms with E-state index in [-0.39, 0.29) is 17.3 Å². The average Bonchev–Trinajstić information content (AvgIpc) is 3.59. The fourth-order valence-corrected chi connectivity index (χ4v) is 4.58. The highest BCUT2D eigenvalue weighted by atomic mass is 19.1. The van der Waals surface area contributed by atoms with Gasteiger partial charge in [-0.3, -0.25) is 14.2 Å². The van der Waals surface area contributed by atoms with E-state index >= 15 is 4.39 Å². The molecule has 3 aromatic rings. The van der Waals surface area contributed by atoms with E-state index in [1.807, 2.05) is 24.6 Å². The molecule has 35 heavy (non-hydrogen) atoms. The monoisotopic (exact) mass is 479 g/mol. The fraction of sp³-hybridized carbons (Fsp3) is 0.440. The number of aromatic nitrogens is 4. The van der Waals surface area contributed by atoms with Gasteiger partial charge in [0.15, 0.2) is 11.6 Å². The maximum absolute atomic E-state index is 15.4. The van der Waals surface area contributed by atoms with Crippen LogP contribution < -0.4 is 5.32 Å². The molecule has 2 aromatic heterocycles. The number of carbonyl (C=O) groups is 1. The van der Waals surface area contributed by atoms with E-state index in [0.717, 1.165) is 36.9 Å². The number of hydrogen-bond acceptors (Lipinski definition) is 6. The molecule has 5 rings (SSSR count). The van der Waals surface area contributed by atoms with Crippen LogP contribution in [0, 0.1) is 17.1 Å². The largest absolute Gasteiger partial charge is 0.379 e. The number of hydrogen-bond donors (Lipinski definition) is 1. The number of benzene rings is 1. The first kappa shape index (κ1) is 24.4. The molecule has 2 aliphatic rings. The van der Waals surface area contributed by atoms with Gasteiger partial charge in [0.2, 0.25) is 6.41 Å². The third kappa shape index (κ3) is 4.77. The third-order valence-corrected chi connectivity index (χ3v) is 6.26. The normalized spacial score (nSPS) is 17.1. The number of aryl methyl sites for hydroxylation is 1. The summed E-state index contributed by atoms with van der Waals surface area (Å²) in [6.45, 7) is 6.32. The molecule has 1 saturated heterocycles. The number of nitrogens with one attached hydrogen (secondary N) is 1. The summed E-state index contributed by atoms with van der Waals surface area (Å²) in [5.41, 5.74) is 3.17. The van der Waals surface area contributed by atoms with Crippen molar-refractivity contribution in [2.45, 2.75) is 45.7 Å². The van der Waals surface area contributed by atoms with Crippen LogP contribution in [-0.4, -0.2) is 50.6 Å². The minimum atomic E-state index is -0.646. The SMILES string of the molecule is CC.Cn1cc(-c2ccc(Nc3nn(C4CCOC4)c4c3CN(C=O)CCC4)c(F)c2C#N)cn1. The van der Waals surface area contributed by atoms with Crippen LogP contribution in [0.1, 0.15) is 49.6 Å². The van der Waals surface area contributed by atoms with Gasteiger partial charge in [-0.15, -0.1) is 0 Å². The number of nitrogens with zero attached hydrogens (tertiary/aromatic N) is 6. The lowest BCUT2D eigenvalue weighted by atomic mass is 10.0. The summed E-state index contributed by atoms with van der Waals surface area (Å²) < 4.78 is 24.6. The van der Waals surface area contributed by atoms with Crippen molar-refractivity contribution in [1.82, 2.24) is 24.5 Å². The van der Waals surface area contributed by atoms with E-state index in [9.17, 15) is 10.1 Å². The zero-order valence-electron chi connectivity index (χ0n) is 20.3. The van der Waals surface area contributed by atoms with Gasteiger partial charge in [-0.05, 0) is 25.3 Å². The van der Waals surface area contributed by atoms with E-state index in [0.29, 0.717) is 43.2 Å². The highest BCUT2D eigenvalue weighted by Crippen LogP contribution is 2.35. The van der Waals surface area contributed by atoms with Crippen LogP contribution in [-0.2, 0) is 29.5 Å². The molecule has 1 fully saturated rings. The molecular formula is C25H30FN7O2. The Hall–Kier alpha value is -3.71. The first-order valence-corrected chi connectivity index (χ1v) is 11.9. The Labute approximate surface area is 204 Å². The Morgan fingerprint density at radius 1 is 1.34 bits per heavy atom. The maximum atomic E-state index is 15.4. The molecule has 1 amide bonds. The zero-order chi connectivity index (χ0) is 24.9. The molecule has 2 aliphatic heterocycles. The highest BCUT2D eigenvalue weighted by Gasteiger charge is 2.29. The van der Waals surface area contributed by atoms with Gasteiger partial charge < -0.3 is 15.0 Å². The summed E-state index contributed by atoms with van der Waals surface area (Å²) in [5, 5.41) is 21.7. The number of halogens is 1. The molecule has 1 N–H and O–H groups in total. The van der Waals surface area contributed by atoms with Crippen LogP contribution in [0.3, 0.4) is 0 Å². The Morgan fingerprint density at radius 3 is 2.83 bits per heavy atom. The van der Waals surface area contributed by atoms with Gasteiger partial charge in [0.1, 0.15) is 6.07 Å². The van der Waals surface area contributed by atoms with Gasteiger partial charge >= 0.3 is 0 Å². The fourth-order valence-electron chi connectivity index (χ4n) is 4.58. The van der Waals surface area contributed by atoms with Gasteiger partial charge in [0.05, 0.1) is 36.6 Å². The number of rotatable bonds is 5. The van der Waals surface area contributed by atoms with Gasteiger partial charge in [-0.2, -0.15) is 15.5 Å². The van der Waals surface area contributed by atoms with Crippen molar-refractivity contribution in [3.63, 3.8) is 0 Å². The lowest BCUT2D eigenvalue weighted by Crippen LogP contribution is -2.21. The molecule has 0 radical (unpaired) electrons. The zero-order valence-corrected chi connectivity index (χ0v) is 20.3. The molecule has 0 aliphatic carbocycles. The lowest BCUT2D eigenvalue weighted by molar-refractivity contribution is -0.118. The lowest BCUT2D eigenvalue weighted by Gasteiger charge is -2.15. The van der Waals surface area contributed by atoms with Crippen molar-refractivity contribution in [2.24, 2.45) is 7.05 Å². The predicted octanol–water partition coefficient (Wildman–Crippen LogP) is 3.93. The van der Waals surface area contributed by atoms with Crippen molar-refractivity contribution >= 4 is 17.9 Å². The second kappa shape index (κ2) is 10.7. The van der Waals surface area contributed by atoms with Crippen molar-refractivity contribution in [3.8, 4) is 17.2 Å². The van der Waals surface area contributed by atoms with Crippen molar-refractivity contribution in [1.29, 1.82) is 5.26 Å². The minimum Gasteiger partial charge on any atom is -0.379 e. The van der Waals surface area contributed by atoms with Crippen molar-refractivity contribution in [3.05, 3.63) is 47.2 Å². The maximum Gasteiger partial charge on any atom is 0.210 e. The molecule has 184 valence electrons. The Balaban J connectivity index is 0.00000141. The number of amides is 1. The first-order valence-electron chi connectivity index (χ1n) is 11.9. The Bertz CT molecular complexity index is 1240. The summed E-state index contributed by atoms with van der Waals surface area (Å²) in [4.78, 5) is 13.2. The van der Waals surface area contributed by atoms with Crippen LogP contribution in [0.25, 0.3) is 11.1 Å². The number of carbonyl (C=O) groups excluding carboxylic acids is 1. The summed E-state index contributed by atoms with van der Waals surface area (Å²) >= 11 is 0. The van der Waals surface area contributed by atoms with Crippen LogP contribution in [0.2, 0.25) is 0 Å². The number of fused-ring (bicyclic) bond motifs is 1. The highest BCUT2D eigenvalue weighted by molar-refractivity contribution is 5.75. The Morgan fingerprint density at radius 2 is 2.17 bits per heavy atom. The van der Waals surface area contributed by atoms with Gasteiger partial charge in [0, 0.05) is 48.8 Å². The second-order valence-corrected chi connectivity index (χ2v) is 8.40. The summed E-state index contributed by atoms with van der Waals surface area (Å²) in [6.07, 6.45) is 6.64. The Kier molecular flexibility index (Phi) is 7.46. The first-order chi connectivity index (χ1) is 17.1. The van der Waals surface area contributed by atoms with Crippen molar-refractivity contribution < 1.29 is 13.9 Å². The molecule has 10 heteroatoms. The molecule has 9 nitrogen and oxygen atoms in total. The van der Waals surface area contributed by atoms with E-state index < -0.39 is 5.82 Å². The molecular weight excluding hydrogens is 449 g/mol. The number of nitriles is 1. The van der Waals surface area contributed by atoms with Crippen molar-refractivity contribution in [2.75, 3.05) is 25.1 Å². The van der Waals surface area contributed by atoms with Gasteiger partial charge in [-0.1, -0.05) is 19.9 Å². The van der Waals surface area contributed by atoms with Gasteiger partial charge in [-0.25, -0.2) is 4.39 Å². The van der Waals surface area contributed by atoms with Gasteiger partial charge in [0.25, 0.3) is 0 Å². The van der Waals surface area contributed by atoms with E-state index in [4.69, 9.17) is 9.84 Å². The smallest absolute Gasteiger partial charge is 0.210 e. The van der Waals surface area contributed by atoms with Crippen LogP contribution >= 0.6 is 0 Å². The minimum absolute atomic E-state index is 0.0581. The molecule has 1 atom stereocenters. The van der Waals surface area contributed by atoms with Crippen LogP contribution in [0.5, 0.6) is 0 Å². The number of ether oxygens (including phenoxy) is 1. The number of anilines is 2. The quantitative estimate of drug-likeness (QED) is 0.557. The summed E-state index contributed by atoms with van der Waals surface area (Å²) in [7, 11) is 1.77. The summed E-state index contributed by atoms with van der Waals surface area (Å²) in [5.74, 6) is -0.144. The summed E-state index contributed by atoms with van der Waals surface area (Å²) in [6, 6.07) is 5.42. The molecule has 1 unspecified atom stereocenters. The van der Waals surface area contributed by atoms with Crippen LogP contribution in [0.4, 0.5) is 15.9 Å². The third-order valence-electron chi connectivity index (χ3n) is 6.26. The molecule has 0 saturated carbocycles. The predicted molar refractivity (Wildman–Crippen MR) is 129 cm³/mol. The average molecular weight is 480 g/mol. The molecule has 0 bridgehead atoms. The van der Waals surface area contributed by atoms with Crippen LogP contribution in [0.15, 0.2) is 24.5 Å².